The van der Waals surface area contributed by atoms with Crippen molar-refractivity contribution in [1.29, 1.82) is 0 Å². The van der Waals surface area contributed by atoms with Gasteiger partial charge in [-0.15, -0.1) is 0 Å². The van der Waals surface area contributed by atoms with Crippen LogP contribution in [0.3, 0.4) is 0 Å². The van der Waals surface area contributed by atoms with E-state index in [4.69, 9.17) is 10.5 Å². The van der Waals surface area contributed by atoms with Crippen LogP contribution in [0.15, 0.2) is 18.2 Å². The first-order valence-corrected chi connectivity index (χ1v) is 6.12. The maximum Gasteiger partial charge on any atom is 0.411 e. The van der Waals surface area contributed by atoms with Crippen molar-refractivity contribution in [2.75, 3.05) is 19.8 Å². The fraction of sp³-hybridized carbons (Fsp3) is 0.538. The van der Waals surface area contributed by atoms with Gasteiger partial charge in [0.05, 0.1) is 13.2 Å². The van der Waals surface area contributed by atoms with Gasteiger partial charge in [-0.25, -0.2) is 4.39 Å². The average molecular weight is 295 g/mol. The number of alkyl halides is 3. The highest BCUT2D eigenvalue weighted by molar-refractivity contribution is 5.30. The van der Waals surface area contributed by atoms with E-state index in [9.17, 15) is 17.6 Å². The van der Waals surface area contributed by atoms with Gasteiger partial charge in [0.2, 0.25) is 0 Å². The van der Waals surface area contributed by atoms with Crippen LogP contribution in [-0.4, -0.2) is 26.0 Å². The molecule has 0 aromatic heterocycles. The molecule has 0 aliphatic heterocycles. The number of ether oxygens (including phenoxy) is 2. The predicted molar refractivity (Wildman–Crippen MR) is 66.0 cm³/mol. The van der Waals surface area contributed by atoms with Crippen LogP contribution in [0.2, 0.25) is 0 Å². The summed E-state index contributed by atoms with van der Waals surface area (Å²) in [6, 6.07) is 3.88. The number of benzene rings is 1. The molecule has 0 unspecified atom stereocenters. The quantitative estimate of drug-likeness (QED) is 0.620. The van der Waals surface area contributed by atoms with Gasteiger partial charge in [0.1, 0.15) is 18.2 Å². The highest BCUT2D eigenvalue weighted by Crippen LogP contribution is 2.20. The first kappa shape index (κ1) is 16.7. The van der Waals surface area contributed by atoms with E-state index in [0.717, 1.165) is 0 Å². The molecule has 0 aliphatic rings. The average Bonchev–Trinajstić information content (AvgIpc) is 2.32. The Kier molecular flexibility index (Phi) is 6.22. The topological polar surface area (TPSA) is 44.5 Å². The van der Waals surface area contributed by atoms with E-state index < -0.39 is 24.6 Å². The van der Waals surface area contributed by atoms with Gasteiger partial charge in [0.15, 0.2) is 0 Å². The fourth-order valence-corrected chi connectivity index (χ4v) is 1.51. The molecule has 0 saturated carbocycles. The van der Waals surface area contributed by atoms with Crippen LogP contribution in [0.5, 0.6) is 5.75 Å². The van der Waals surface area contributed by atoms with E-state index in [1.165, 1.54) is 12.1 Å². The Bertz CT molecular complexity index is 421. The molecule has 0 saturated heterocycles. The smallest absolute Gasteiger partial charge is 0.411 e. The van der Waals surface area contributed by atoms with Crippen LogP contribution in [0.1, 0.15) is 24.9 Å². The highest BCUT2D eigenvalue weighted by atomic mass is 19.4. The molecule has 2 N–H and O–H groups in total. The lowest BCUT2D eigenvalue weighted by atomic mass is 10.1. The summed E-state index contributed by atoms with van der Waals surface area (Å²) in [7, 11) is 0. The van der Waals surface area contributed by atoms with Gasteiger partial charge in [-0.1, -0.05) is 6.07 Å². The first-order valence-electron chi connectivity index (χ1n) is 6.12. The van der Waals surface area contributed by atoms with Crippen LogP contribution < -0.4 is 10.5 Å². The third-order valence-electron chi connectivity index (χ3n) is 2.43. The standard InChI is InChI=1S/C13H17F4NO2/c1-9(18)11-4-3-10(7-12(11)14)20-6-2-5-19-8-13(15,16)17/h3-4,7,9H,2,5-6,8,18H2,1H3/t9-/m0/s1. The second-order valence-electron chi connectivity index (χ2n) is 4.34. The largest absolute Gasteiger partial charge is 0.493 e. The van der Waals surface area contributed by atoms with Crippen molar-refractivity contribution in [3.63, 3.8) is 0 Å². The van der Waals surface area contributed by atoms with E-state index in [-0.39, 0.29) is 19.6 Å². The van der Waals surface area contributed by atoms with Crippen LogP contribution in [-0.2, 0) is 4.74 Å². The molecule has 1 rings (SSSR count). The van der Waals surface area contributed by atoms with Gasteiger partial charge >= 0.3 is 6.18 Å². The summed E-state index contributed by atoms with van der Waals surface area (Å²) in [6.07, 6.45) is -4.04. The van der Waals surface area contributed by atoms with Crippen molar-refractivity contribution in [3.05, 3.63) is 29.6 Å². The van der Waals surface area contributed by atoms with Crippen molar-refractivity contribution in [2.45, 2.75) is 25.6 Å². The maximum absolute atomic E-state index is 13.6. The molecule has 0 bridgehead atoms. The van der Waals surface area contributed by atoms with Crippen LogP contribution in [0.4, 0.5) is 17.6 Å². The lowest BCUT2D eigenvalue weighted by Crippen LogP contribution is -2.18. The Morgan fingerprint density at radius 2 is 1.95 bits per heavy atom. The van der Waals surface area contributed by atoms with Crippen LogP contribution >= 0.6 is 0 Å². The molecule has 114 valence electrons. The van der Waals surface area contributed by atoms with Gasteiger partial charge in [-0.3, -0.25) is 0 Å². The Morgan fingerprint density at radius 3 is 2.50 bits per heavy atom. The van der Waals surface area contributed by atoms with Crippen molar-refractivity contribution in [2.24, 2.45) is 5.73 Å². The molecule has 0 fully saturated rings. The van der Waals surface area contributed by atoms with Crippen molar-refractivity contribution < 1.29 is 27.0 Å². The molecule has 7 heteroatoms. The van der Waals surface area contributed by atoms with Gasteiger partial charge in [0.25, 0.3) is 0 Å². The van der Waals surface area contributed by atoms with E-state index in [2.05, 4.69) is 4.74 Å². The minimum absolute atomic E-state index is 0.0695. The van der Waals surface area contributed by atoms with Gasteiger partial charge in [-0.05, 0) is 13.0 Å². The molecule has 0 amide bonds. The zero-order valence-electron chi connectivity index (χ0n) is 11.0. The fourth-order valence-electron chi connectivity index (χ4n) is 1.51. The van der Waals surface area contributed by atoms with Crippen molar-refractivity contribution in [1.82, 2.24) is 0 Å². The Hall–Kier alpha value is -1.34. The summed E-state index contributed by atoms with van der Waals surface area (Å²) < 4.78 is 58.5. The second kappa shape index (κ2) is 7.44. The summed E-state index contributed by atoms with van der Waals surface area (Å²) in [5.74, 6) is -0.159. The van der Waals surface area contributed by atoms with E-state index in [1.807, 2.05) is 0 Å². The summed E-state index contributed by atoms with van der Waals surface area (Å²) in [5.41, 5.74) is 5.95. The Labute approximate surface area is 114 Å². The van der Waals surface area contributed by atoms with Crippen molar-refractivity contribution >= 4 is 0 Å². The molecular weight excluding hydrogens is 278 g/mol. The minimum atomic E-state index is -4.32. The third-order valence-corrected chi connectivity index (χ3v) is 2.43. The Morgan fingerprint density at radius 1 is 1.25 bits per heavy atom. The molecule has 1 aromatic carbocycles. The lowest BCUT2D eigenvalue weighted by Gasteiger charge is -2.11. The third kappa shape index (κ3) is 6.21. The SMILES string of the molecule is C[C@H](N)c1ccc(OCCCOCC(F)(F)F)cc1F. The van der Waals surface area contributed by atoms with E-state index in [0.29, 0.717) is 11.3 Å². The van der Waals surface area contributed by atoms with Gasteiger partial charge in [0, 0.05) is 24.1 Å². The normalized spacial score (nSPS) is 13.3. The van der Waals surface area contributed by atoms with E-state index in [1.54, 1.807) is 13.0 Å². The zero-order valence-corrected chi connectivity index (χ0v) is 11.0. The van der Waals surface area contributed by atoms with Gasteiger partial charge < -0.3 is 15.2 Å². The van der Waals surface area contributed by atoms with Crippen LogP contribution in [0, 0.1) is 5.82 Å². The van der Waals surface area contributed by atoms with Crippen LogP contribution in [0.25, 0.3) is 0 Å². The van der Waals surface area contributed by atoms with Gasteiger partial charge in [-0.2, -0.15) is 13.2 Å². The second-order valence-corrected chi connectivity index (χ2v) is 4.34. The Balaban J connectivity index is 2.27. The molecule has 0 aliphatic carbocycles. The number of rotatable bonds is 7. The summed E-state index contributed by atoms with van der Waals surface area (Å²) in [5, 5.41) is 0. The molecule has 1 aromatic rings. The lowest BCUT2D eigenvalue weighted by molar-refractivity contribution is -0.174. The molecular formula is C13H17F4NO2. The zero-order chi connectivity index (χ0) is 15.2. The molecule has 3 nitrogen and oxygen atoms in total. The molecule has 20 heavy (non-hydrogen) atoms. The number of hydrogen-bond acceptors (Lipinski definition) is 3. The first-order chi connectivity index (χ1) is 9.29. The molecule has 1 atom stereocenters. The maximum atomic E-state index is 13.6. The number of halogens is 4. The number of nitrogens with two attached hydrogens (primary N) is 1. The van der Waals surface area contributed by atoms with E-state index >= 15 is 0 Å². The predicted octanol–water partition coefficient (Wildman–Crippen LogP) is 3.19. The number of hydrogen-bond donors (Lipinski definition) is 1. The molecule has 0 spiro atoms. The molecule has 0 radical (unpaired) electrons. The summed E-state index contributed by atoms with van der Waals surface area (Å²) in [6.45, 7) is 0.469. The molecule has 0 heterocycles. The minimum Gasteiger partial charge on any atom is -0.493 e. The monoisotopic (exact) mass is 295 g/mol. The van der Waals surface area contributed by atoms with Crippen molar-refractivity contribution in [3.8, 4) is 5.75 Å². The summed E-state index contributed by atoms with van der Waals surface area (Å²) in [4.78, 5) is 0. The summed E-state index contributed by atoms with van der Waals surface area (Å²) >= 11 is 0. The highest BCUT2D eigenvalue weighted by Gasteiger charge is 2.27.